The predicted octanol–water partition coefficient (Wildman–Crippen LogP) is 3.29. The van der Waals surface area contributed by atoms with Crippen LogP contribution in [-0.2, 0) is 0 Å². The molecule has 0 amide bonds. The van der Waals surface area contributed by atoms with Crippen LogP contribution in [0.1, 0.15) is 0 Å². The van der Waals surface area contributed by atoms with E-state index in [1.807, 2.05) is 0 Å². The van der Waals surface area contributed by atoms with Gasteiger partial charge in [-0.15, -0.1) is 0 Å². The van der Waals surface area contributed by atoms with Gasteiger partial charge < -0.3 is 0 Å². The van der Waals surface area contributed by atoms with Crippen LogP contribution in [0.5, 0.6) is 0 Å². The lowest BCUT2D eigenvalue weighted by Crippen LogP contribution is -1.92. The summed E-state index contributed by atoms with van der Waals surface area (Å²) in [6, 6.07) is 19.3. The first-order chi connectivity index (χ1) is 6.90. The van der Waals surface area contributed by atoms with Gasteiger partial charge in [-0.1, -0.05) is 57.1 Å². The van der Waals surface area contributed by atoms with Gasteiger partial charge in [-0.25, -0.2) is 0 Å². The van der Waals surface area contributed by atoms with Crippen LogP contribution in [0.15, 0.2) is 54.6 Å². The Balaban J connectivity index is 2.42. The van der Waals surface area contributed by atoms with E-state index in [2.05, 4.69) is 61.3 Å². The second kappa shape index (κ2) is 4.39. The largest absolute Gasteiger partial charge is 0.0936 e. The molecule has 0 radical (unpaired) electrons. The summed E-state index contributed by atoms with van der Waals surface area (Å²) in [4.78, 5) is 0. The van der Waals surface area contributed by atoms with Crippen molar-refractivity contribution < 1.29 is 0 Å². The summed E-state index contributed by atoms with van der Waals surface area (Å²) in [5, 5.41) is 1.42. The zero-order valence-electron chi connectivity index (χ0n) is 8.20. The molecule has 2 aromatic rings. The Morgan fingerprint density at radius 2 is 1.50 bits per heavy atom. The third-order valence-electron chi connectivity index (χ3n) is 2.26. The van der Waals surface area contributed by atoms with Gasteiger partial charge in [-0.2, -0.15) is 0 Å². The minimum Gasteiger partial charge on any atom is -0.0936 e. The first-order valence-electron chi connectivity index (χ1n) is 4.73. The predicted molar refractivity (Wildman–Crippen MR) is 65.8 cm³/mol. The average Bonchev–Trinajstić information content (AvgIpc) is 2.30. The van der Waals surface area contributed by atoms with E-state index >= 15 is 0 Å². The van der Waals surface area contributed by atoms with Gasteiger partial charge in [0.05, 0.1) is 0 Å². The third-order valence-corrected chi connectivity index (χ3v) is 3.15. The molecule has 0 saturated carbocycles. The van der Waals surface area contributed by atoms with Gasteiger partial charge in [0.2, 0.25) is 0 Å². The van der Waals surface area contributed by atoms with Crippen molar-refractivity contribution >= 4 is 13.9 Å². The van der Waals surface area contributed by atoms with Crippen molar-refractivity contribution in [3.8, 4) is 11.1 Å². The topological polar surface area (TPSA) is 0 Å². The SMILES string of the molecule is CPc1cccc(-c2ccccc2)c1. The zero-order valence-corrected chi connectivity index (χ0v) is 9.20. The maximum atomic E-state index is 2.27. The van der Waals surface area contributed by atoms with Gasteiger partial charge in [-0.05, 0) is 29.2 Å². The molecule has 1 atom stereocenters. The monoisotopic (exact) mass is 200 g/mol. The molecule has 0 aromatic heterocycles. The molecule has 0 heterocycles. The molecule has 14 heavy (non-hydrogen) atoms. The molecule has 1 unspecified atom stereocenters. The molecular formula is C13H13P. The Labute approximate surface area is 86.8 Å². The minimum atomic E-state index is 0.871. The average molecular weight is 200 g/mol. The molecular weight excluding hydrogens is 187 g/mol. The quantitative estimate of drug-likeness (QED) is 0.652. The number of hydrogen-bond acceptors (Lipinski definition) is 0. The van der Waals surface area contributed by atoms with Crippen LogP contribution in [0.2, 0.25) is 0 Å². The second-order valence-electron chi connectivity index (χ2n) is 3.20. The molecule has 70 valence electrons. The van der Waals surface area contributed by atoms with E-state index in [-0.39, 0.29) is 0 Å². The Kier molecular flexibility index (Phi) is 2.96. The highest BCUT2D eigenvalue weighted by Crippen LogP contribution is 2.18. The van der Waals surface area contributed by atoms with Crippen molar-refractivity contribution in [3.05, 3.63) is 54.6 Å². The third kappa shape index (κ3) is 2.02. The standard InChI is InChI=1S/C13H13P/c1-14-13-9-5-8-12(10-13)11-6-3-2-4-7-11/h2-10,14H,1H3. The van der Waals surface area contributed by atoms with E-state index in [0.29, 0.717) is 0 Å². The first kappa shape index (κ1) is 9.43. The molecule has 2 rings (SSSR count). The lowest BCUT2D eigenvalue weighted by molar-refractivity contribution is 1.64. The molecule has 0 aliphatic heterocycles. The molecule has 0 bridgehead atoms. The molecule has 2 aromatic carbocycles. The Morgan fingerprint density at radius 1 is 0.786 bits per heavy atom. The maximum absolute atomic E-state index is 2.27. The second-order valence-corrected chi connectivity index (χ2v) is 4.27. The van der Waals surface area contributed by atoms with Crippen LogP contribution in [0.25, 0.3) is 11.1 Å². The molecule has 1 heteroatoms. The lowest BCUT2D eigenvalue weighted by Gasteiger charge is -2.03. The van der Waals surface area contributed by atoms with Crippen LogP contribution < -0.4 is 5.30 Å². The summed E-state index contributed by atoms with van der Waals surface area (Å²) in [6.45, 7) is 2.21. The van der Waals surface area contributed by atoms with Crippen molar-refractivity contribution in [1.82, 2.24) is 0 Å². The van der Waals surface area contributed by atoms with Crippen LogP contribution >= 0.6 is 8.58 Å². The Hall–Kier alpha value is -1.13. The summed E-state index contributed by atoms with van der Waals surface area (Å²) < 4.78 is 0. The fourth-order valence-electron chi connectivity index (χ4n) is 1.48. The Morgan fingerprint density at radius 3 is 2.21 bits per heavy atom. The summed E-state index contributed by atoms with van der Waals surface area (Å²) in [6.07, 6.45) is 0. The lowest BCUT2D eigenvalue weighted by atomic mass is 10.1. The van der Waals surface area contributed by atoms with E-state index < -0.39 is 0 Å². The highest BCUT2D eigenvalue weighted by molar-refractivity contribution is 7.46. The Bertz CT molecular complexity index is 407. The van der Waals surface area contributed by atoms with Crippen molar-refractivity contribution in [2.24, 2.45) is 0 Å². The van der Waals surface area contributed by atoms with Crippen LogP contribution in [0.3, 0.4) is 0 Å². The molecule has 0 nitrogen and oxygen atoms in total. The van der Waals surface area contributed by atoms with Crippen molar-refractivity contribution in [3.63, 3.8) is 0 Å². The molecule has 0 saturated heterocycles. The molecule has 0 fully saturated rings. The van der Waals surface area contributed by atoms with Crippen LogP contribution in [0, 0.1) is 0 Å². The fraction of sp³-hybridized carbons (Fsp3) is 0.0769. The molecule has 0 spiro atoms. The van der Waals surface area contributed by atoms with E-state index in [0.717, 1.165) is 8.58 Å². The van der Waals surface area contributed by atoms with E-state index in [1.165, 1.54) is 16.4 Å². The number of hydrogen-bond donors (Lipinski definition) is 0. The summed E-state index contributed by atoms with van der Waals surface area (Å²) in [5.41, 5.74) is 2.62. The van der Waals surface area contributed by atoms with E-state index in [1.54, 1.807) is 0 Å². The normalized spacial score (nSPS) is 10.9. The summed E-state index contributed by atoms with van der Waals surface area (Å²) in [5.74, 6) is 0. The van der Waals surface area contributed by atoms with Gasteiger partial charge >= 0.3 is 0 Å². The molecule has 0 N–H and O–H groups in total. The maximum Gasteiger partial charge on any atom is -0.0178 e. The van der Waals surface area contributed by atoms with Crippen molar-refractivity contribution in [2.75, 3.05) is 6.66 Å². The summed E-state index contributed by atoms with van der Waals surface area (Å²) in [7, 11) is 0.871. The van der Waals surface area contributed by atoms with Crippen molar-refractivity contribution in [1.29, 1.82) is 0 Å². The van der Waals surface area contributed by atoms with Gasteiger partial charge in [0, 0.05) is 0 Å². The van der Waals surface area contributed by atoms with Gasteiger partial charge in [0.1, 0.15) is 0 Å². The fourth-order valence-corrected chi connectivity index (χ4v) is 2.05. The number of rotatable bonds is 2. The van der Waals surface area contributed by atoms with Crippen LogP contribution in [0.4, 0.5) is 0 Å². The van der Waals surface area contributed by atoms with Gasteiger partial charge in [0.15, 0.2) is 0 Å². The highest BCUT2D eigenvalue weighted by atomic mass is 31.1. The highest BCUT2D eigenvalue weighted by Gasteiger charge is 1.96. The van der Waals surface area contributed by atoms with Crippen molar-refractivity contribution in [2.45, 2.75) is 0 Å². The van der Waals surface area contributed by atoms with Gasteiger partial charge in [-0.3, -0.25) is 0 Å². The van der Waals surface area contributed by atoms with Gasteiger partial charge in [0.25, 0.3) is 0 Å². The van der Waals surface area contributed by atoms with E-state index in [4.69, 9.17) is 0 Å². The molecule has 0 aliphatic rings. The van der Waals surface area contributed by atoms with E-state index in [9.17, 15) is 0 Å². The molecule has 0 aliphatic carbocycles. The zero-order chi connectivity index (χ0) is 9.80. The smallest absolute Gasteiger partial charge is 0.0178 e. The first-order valence-corrected chi connectivity index (χ1v) is 6.23. The minimum absolute atomic E-state index is 0.871. The van der Waals surface area contributed by atoms with Crippen LogP contribution in [-0.4, -0.2) is 6.66 Å². The number of benzene rings is 2. The summed E-state index contributed by atoms with van der Waals surface area (Å²) >= 11 is 0.